The van der Waals surface area contributed by atoms with Crippen LogP contribution in [0.5, 0.6) is 0 Å². The van der Waals surface area contributed by atoms with Gasteiger partial charge in [0.15, 0.2) is 0 Å². The minimum absolute atomic E-state index is 0.130. The van der Waals surface area contributed by atoms with Crippen molar-refractivity contribution >= 4 is 23.4 Å². The Morgan fingerprint density at radius 1 is 1.33 bits per heavy atom. The first-order valence-electron chi connectivity index (χ1n) is 6.24. The van der Waals surface area contributed by atoms with E-state index in [1.807, 2.05) is 26.0 Å². The first kappa shape index (κ1) is 14.9. The monoisotopic (exact) mass is 267 g/mol. The van der Waals surface area contributed by atoms with Crippen molar-refractivity contribution in [1.29, 1.82) is 0 Å². The average Bonchev–Trinajstić information content (AvgIpc) is 2.31. The molecule has 0 heterocycles. The number of aliphatic carboxylic acids is 1. The largest absolute Gasteiger partial charge is 0.481 e. The van der Waals surface area contributed by atoms with E-state index in [1.165, 1.54) is 4.90 Å². The van der Waals surface area contributed by atoms with E-state index in [0.29, 0.717) is 6.54 Å². The standard InChI is InChI=1S/C14H21NO2S/c1-4-18-12-7-5-11(6-8-12)15-9-13(10(2)3)14(16)17/h5-8,10,13,15H,4,9H2,1-3H3,(H,16,17). The maximum Gasteiger partial charge on any atom is 0.308 e. The summed E-state index contributed by atoms with van der Waals surface area (Å²) in [7, 11) is 0. The molecular formula is C14H21NO2S. The lowest BCUT2D eigenvalue weighted by atomic mass is 9.96. The van der Waals surface area contributed by atoms with Gasteiger partial charge in [0.05, 0.1) is 5.92 Å². The number of rotatable bonds is 7. The van der Waals surface area contributed by atoms with Gasteiger partial charge in [-0.05, 0) is 35.9 Å². The van der Waals surface area contributed by atoms with Crippen LogP contribution in [0.2, 0.25) is 0 Å². The number of benzene rings is 1. The molecule has 1 aromatic rings. The van der Waals surface area contributed by atoms with Gasteiger partial charge in [0.2, 0.25) is 0 Å². The summed E-state index contributed by atoms with van der Waals surface area (Å²) >= 11 is 1.80. The van der Waals surface area contributed by atoms with Crippen LogP contribution in [0.3, 0.4) is 0 Å². The van der Waals surface area contributed by atoms with Crippen LogP contribution in [0.1, 0.15) is 20.8 Å². The number of carbonyl (C=O) groups is 1. The molecule has 0 saturated carbocycles. The predicted octanol–water partition coefficient (Wildman–Crippen LogP) is 3.57. The second-order valence-corrected chi connectivity index (χ2v) is 5.86. The fourth-order valence-corrected chi connectivity index (χ4v) is 2.33. The highest BCUT2D eigenvalue weighted by molar-refractivity contribution is 7.99. The lowest BCUT2D eigenvalue weighted by Crippen LogP contribution is -2.27. The molecule has 1 rings (SSSR count). The second-order valence-electron chi connectivity index (χ2n) is 4.53. The smallest absolute Gasteiger partial charge is 0.308 e. The summed E-state index contributed by atoms with van der Waals surface area (Å²) in [5.41, 5.74) is 0.974. The summed E-state index contributed by atoms with van der Waals surface area (Å²) in [5, 5.41) is 12.3. The number of thioether (sulfide) groups is 1. The molecule has 2 N–H and O–H groups in total. The Bertz CT molecular complexity index is 376. The molecule has 18 heavy (non-hydrogen) atoms. The Morgan fingerprint density at radius 3 is 2.39 bits per heavy atom. The first-order valence-corrected chi connectivity index (χ1v) is 7.22. The van der Waals surface area contributed by atoms with Crippen molar-refractivity contribution < 1.29 is 9.90 Å². The van der Waals surface area contributed by atoms with Crippen LogP contribution in [-0.2, 0) is 4.79 Å². The summed E-state index contributed by atoms with van der Waals surface area (Å²) in [6.07, 6.45) is 0. The van der Waals surface area contributed by atoms with E-state index in [-0.39, 0.29) is 11.8 Å². The lowest BCUT2D eigenvalue weighted by molar-refractivity contribution is -0.142. The lowest BCUT2D eigenvalue weighted by Gasteiger charge is -2.17. The zero-order valence-electron chi connectivity index (χ0n) is 11.1. The maximum absolute atomic E-state index is 11.1. The van der Waals surface area contributed by atoms with Crippen LogP contribution in [0.4, 0.5) is 5.69 Å². The molecule has 0 radical (unpaired) electrons. The quantitative estimate of drug-likeness (QED) is 0.742. The van der Waals surface area contributed by atoms with Crippen molar-refractivity contribution in [3.63, 3.8) is 0 Å². The zero-order valence-corrected chi connectivity index (χ0v) is 12.0. The van der Waals surface area contributed by atoms with Crippen LogP contribution >= 0.6 is 11.8 Å². The highest BCUT2D eigenvalue weighted by atomic mass is 32.2. The molecule has 1 atom stereocenters. The van der Waals surface area contributed by atoms with Crippen molar-refractivity contribution in [1.82, 2.24) is 0 Å². The highest BCUT2D eigenvalue weighted by Gasteiger charge is 2.20. The predicted molar refractivity (Wildman–Crippen MR) is 77.3 cm³/mol. The van der Waals surface area contributed by atoms with Gasteiger partial charge in [0, 0.05) is 17.1 Å². The third-order valence-electron chi connectivity index (χ3n) is 2.81. The normalized spacial score (nSPS) is 12.4. The van der Waals surface area contributed by atoms with Gasteiger partial charge < -0.3 is 10.4 Å². The minimum Gasteiger partial charge on any atom is -0.481 e. The Balaban J connectivity index is 2.54. The van der Waals surface area contributed by atoms with E-state index < -0.39 is 5.97 Å². The molecule has 0 aliphatic heterocycles. The van der Waals surface area contributed by atoms with Crippen molar-refractivity contribution in [3.8, 4) is 0 Å². The van der Waals surface area contributed by atoms with E-state index in [0.717, 1.165) is 11.4 Å². The van der Waals surface area contributed by atoms with Crippen LogP contribution in [0.25, 0.3) is 0 Å². The number of hydrogen-bond donors (Lipinski definition) is 2. The van der Waals surface area contributed by atoms with Crippen LogP contribution in [0, 0.1) is 11.8 Å². The van der Waals surface area contributed by atoms with E-state index in [9.17, 15) is 4.79 Å². The molecule has 0 aromatic heterocycles. The van der Waals surface area contributed by atoms with Gasteiger partial charge in [0.25, 0.3) is 0 Å². The number of carboxylic acids is 1. The highest BCUT2D eigenvalue weighted by Crippen LogP contribution is 2.20. The van der Waals surface area contributed by atoms with Crippen molar-refractivity contribution in [3.05, 3.63) is 24.3 Å². The molecule has 0 aliphatic rings. The van der Waals surface area contributed by atoms with Crippen LogP contribution in [-0.4, -0.2) is 23.4 Å². The van der Waals surface area contributed by atoms with E-state index >= 15 is 0 Å². The second kappa shape index (κ2) is 7.31. The molecule has 4 heteroatoms. The van der Waals surface area contributed by atoms with Gasteiger partial charge >= 0.3 is 5.97 Å². The third-order valence-corrected chi connectivity index (χ3v) is 3.71. The average molecular weight is 267 g/mol. The Hall–Kier alpha value is -1.16. The minimum atomic E-state index is -0.740. The van der Waals surface area contributed by atoms with Gasteiger partial charge in [-0.15, -0.1) is 11.8 Å². The molecule has 0 spiro atoms. The summed E-state index contributed by atoms with van der Waals surface area (Å²) in [5.74, 6) is 0.0940. The number of carboxylic acid groups (broad SMARTS) is 1. The Kier molecular flexibility index (Phi) is 6.05. The zero-order chi connectivity index (χ0) is 13.5. The summed E-state index contributed by atoms with van der Waals surface area (Å²) in [4.78, 5) is 12.3. The molecule has 1 unspecified atom stereocenters. The molecule has 100 valence electrons. The van der Waals surface area contributed by atoms with Crippen molar-refractivity contribution in [2.75, 3.05) is 17.6 Å². The van der Waals surface area contributed by atoms with Crippen molar-refractivity contribution in [2.45, 2.75) is 25.7 Å². The number of hydrogen-bond acceptors (Lipinski definition) is 3. The van der Waals surface area contributed by atoms with E-state index in [4.69, 9.17) is 5.11 Å². The molecule has 0 bridgehead atoms. The Morgan fingerprint density at radius 2 is 1.94 bits per heavy atom. The summed E-state index contributed by atoms with van der Waals surface area (Å²) < 4.78 is 0. The fourth-order valence-electron chi connectivity index (χ4n) is 1.67. The fraction of sp³-hybridized carbons (Fsp3) is 0.500. The van der Waals surface area contributed by atoms with Gasteiger partial charge in [-0.3, -0.25) is 4.79 Å². The third kappa shape index (κ3) is 4.61. The number of nitrogens with one attached hydrogen (secondary N) is 1. The van der Waals surface area contributed by atoms with Gasteiger partial charge in [-0.25, -0.2) is 0 Å². The molecular weight excluding hydrogens is 246 g/mol. The SMILES string of the molecule is CCSc1ccc(NCC(C(=O)O)C(C)C)cc1. The van der Waals surface area contributed by atoms with E-state index in [1.54, 1.807) is 11.8 Å². The first-order chi connectivity index (χ1) is 8.54. The molecule has 0 fully saturated rings. The maximum atomic E-state index is 11.1. The topological polar surface area (TPSA) is 49.3 Å². The molecule has 1 aromatic carbocycles. The van der Waals surface area contributed by atoms with E-state index in [2.05, 4.69) is 24.4 Å². The molecule has 0 amide bonds. The molecule has 0 aliphatic carbocycles. The van der Waals surface area contributed by atoms with Crippen molar-refractivity contribution in [2.24, 2.45) is 11.8 Å². The number of anilines is 1. The van der Waals surface area contributed by atoms with Gasteiger partial charge in [-0.2, -0.15) is 0 Å². The summed E-state index contributed by atoms with van der Waals surface area (Å²) in [6.45, 7) is 6.45. The Labute approximate surface area is 113 Å². The molecule has 3 nitrogen and oxygen atoms in total. The van der Waals surface area contributed by atoms with Gasteiger partial charge in [0.1, 0.15) is 0 Å². The van der Waals surface area contributed by atoms with Gasteiger partial charge in [-0.1, -0.05) is 20.8 Å². The van der Waals surface area contributed by atoms with Crippen LogP contribution < -0.4 is 5.32 Å². The molecule has 0 saturated heterocycles. The summed E-state index contributed by atoms with van der Waals surface area (Å²) in [6, 6.07) is 8.11. The van der Waals surface area contributed by atoms with Crippen LogP contribution in [0.15, 0.2) is 29.2 Å².